The maximum atomic E-state index is 11.8. The Morgan fingerprint density at radius 3 is 2.77 bits per heavy atom. The van der Waals surface area contributed by atoms with E-state index in [-0.39, 0.29) is 16.7 Å². The minimum absolute atomic E-state index is 0.107. The highest BCUT2D eigenvalue weighted by molar-refractivity contribution is 7.99. The van der Waals surface area contributed by atoms with Crippen LogP contribution < -0.4 is 10.6 Å². The molecule has 0 aromatic heterocycles. The molecular weight excluding hydrogens is 326 g/mol. The van der Waals surface area contributed by atoms with Crippen LogP contribution in [0.2, 0.25) is 5.02 Å². The summed E-state index contributed by atoms with van der Waals surface area (Å²) in [4.78, 5) is 21.8. The number of halogens is 1. The average molecular weight is 344 g/mol. The fraction of sp³-hybridized carbons (Fsp3) is 0.500. The molecule has 2 rings (SSSR count). The summed E-state index contributed by atoms with van der Waals surface area (Å²) in [6, 6.07) is 3.58. The zero-order valence-electron chi connectivity index (χ0n) is 12.0. The van der Waals surface area contributed by atoms with E-state index >= 15 is 0 Å². The van der Waals surface area contributed by atoms with Gasteiger partial charge in [0.25, 0.3) is 5.69 Å². The highest BCUT2D eigenvalue weighted by Gasteiger charge is 2.15. The second-order valence-electron chi connectivity index (χ2n) is 5.08. The predicted molar refractivity (Wildman–Crippen MR) is 89.8 cm³/mol. The van der Waals surface area contributed by atoms with Crippen LogP contribution in [-0.2, 0) is 0 Å². The molecule has 0 heterocycles. The number of rotatable bonds is 6. The Morgan fingerprint density at radius 1 is 1.41 bits per heavy atom. The van der Waals surface area contributed by atoms with E-state index < -0.39 is 4.92 Å². The first-order chi connectivity index (χ1) is 10.6. The van der Waals surface area contributed by atoms with Crippen LogP contribution >= 0.6 is 23.4 Å². The number of anilines is 1. The van der Waals surface area contributed by atoms with E-state index in [4.69, 9.17) is 11.6 Å². The third-order valence-corrected chi connectivity index (χ3v) is 5.15. The lowest BCUT2D eigenvalue weighted by Crippen LogP contribution is -2.30. The number of non-ortho nitro benzene ring substituents is 1. The second kappa shape index (κ2) is 8.24. The Bertz CT molecular complexity index is 550. The molecule has 6 nitrogen and oxygen atoms in total. The molecule has 1 saturated carbocycles. The molecule has 1 aliphatic rings. The smallest absolute Gasteiger partial charge is 0.319 e. The number of nitrogens with one attached hydrogen (secondary N) is 2. The summed E-state index contributed by atoms with van der Waals surface area (Å²) >= 11 is 7.81. The number of thioether (sulfide) groups is 1. The topological polar surface area (TPSA) is 84.3 Å². The number of hydrogen-bond acceptors (Lipinski definition) is 4. The molecule has 0 unspecified atom stereocenters. The van der Waals surface area contributed by atoms with Gasteiger partial charge in [-0.05, 0) is 18.9 Å². The predicted octanol–water partition coefficient (Wildman–Crippen LogP) is 4.05. The van der Waals surface area contributed by atoms with Crippen LogP contribution in [0.4, 0.5) is 16.2 Å². The number of carbonyl (C=O) groups excluding carboxylic acids is 1. The number of nitrogens with zero attached hydrogens (tertiary/aromatic N) is 1. The van der Waals surface area contributed by atoms with Crippen molar-refractivity contribution in [1.29, 1.82) is 0 Å². The number of nitro benzene ring substituents is 1. The van der Waals surface area contributed by atoms with Gasteiger partial charge < -0.3 is 10.6 Å². The van der Waals surface area contributed by atoms with Crippen LogP contribution in [-0.4, -0.2) is 28.5 Å². The van der Waals surface area contributed by atoms with Gasteiger partial charge in [-0.2, -0.15) is 11.8 Å². The van der Waals surface area contributed by atoms with Gasteiger partial charge in [-0.15, -0.1) is 0 Å². The normalized spacial score (nSPS) is 14.8. The van der Waals surface area contributed by atoms with Crippen molar-refractivity contribution in [1.82, 2.24) is 5.32 Å². The highest BCUT2D eigenvalue weighted by atomic mass is 35.5. The van der Waals surface area contributed by atoms with Crippen LogP contribution in [0.5, 0.6) is 0 Å². The number of amides is 2. The zero-order valence-corrected chi connectivity index (χ0v) is 13.6. The Balaban J connectivity index is 1.73. The van der Waals surface area contributed by atoms with Gasteiger partial charge in [-0.25, -0.2) is 4.79 Å². The molecule has 0 atom stereocenters. The van der Waals surface area contributed by atoms with E-state index in [1.54, 1.807) is 0 Å². The SMILES string of the molecule is O=C(NCCSC1CCCC1)Nc1ccc([N+](=O)[O-])cc1Cl. The third kappa shape index (κ3) is 5.06. The van der Waals surface area contributed by atoms with Gasteiger partial charge in [0.05, 0.1) is 15.6 Å². The van der Waals surface area contributed by atoms with Crippen molar-refractivity contribution in [2.24, 2.45) is 0 Å². The quantitative estimate of drug-likeness (QED) is 0.463. The Labute approximate surface area is 138 Å². The van der Waals surface area contributed by atoms with Crippen molar-refractivity contribution < 1.29 is 9.72 Å². The number of benzene rings is 1. The summed E-state index contributed by atoms with van der Waals surface area (Å²) in [6.07, 6.45) is 5.17. The fourth-order valence-electron chi connectivity index (χ4n) is 2.33. The van der Waals surface area contributed by atoms with Gasteiger partial charge in [0.1, 0.15) is 0 Å². The monoisotopic (exact) mass is 343 g/mol. The lowest BCUT2D eigenvalue weighted by atomic mass is 10.3. The average Bonchev–Trinajstić information content (AvgIpc) is 2.99. The summed E-state index contributed by atoms with van der Waals surface area (Å²) < 4.78 is 0. The van der Waals surface area contributed by atoms with Crippen molar-refractivity contribution >= 4 is 40.8 Å². The zero-order chi connectivity index (χ0) is 15.9. The molecule has 1 aromatic rings. The fourth-order valence-corrected chi connectivity index (χ4v) is 3.77. The summed E-state index contributed by atoms with van der Waals surface area (Å²) in [6.45, 7) is 0.581. The highest BCUT2D eigenvalue weighted by Crippen LogP contribution is 2.29. The molecule has 0 saturated heterocycles. The lowest BCUT2D eigenvalue weighted by Gasteiger charge is -2.11. The van der Waals surface area contributed by atoms with Crippen molar-refractivity contribution in [3.8, 4) is 0 Å². The molecule has 0 radical (unpaired) electrons. The molecule has 8 heteroatoms. The van der Waals surface area contributed by atoms with E-state index in [0.29, 0.717) is 12.2 Å². The van der Waals surface area contributed by atoms with E-state index in [0.717, 1.165) is 11.0 Å². The Morgan fingerprint density at radius 2 is 2.14 bits per heavy atom. The molecule has 0 aliphatic heterocycles. The number of urea groups is 1. The number of nitro groups is 1. The second-order valence-corrected chi connectivity index (χ2v) is 6.89. The van der Waals surface area contributed by atoms with Gasteiger partial charge in [0.15, 0.2) is 0 Å². The van der Waals surface area contributed by atoms with Crippen LogP contribution in [0.25, 0.3) is 0 Å². The van der Waals surface area contributed by atoms with Gasteiger partial charge in [-0.1, -0.05) is 24.4 Å². The van der Waals surface area contributed by atoms with Gasteiger partial charge in [-0.3, -0.25) is 10.1 Å². The van der Waals surface area contributed by atoms with Gasteiger partial charge >= 0.3 is 6.03 Å². The minimum Gasteiger partial charge on any atom is -0.337 e. The molecule has 0 spiro atoms. The largest absolute Gasteiger partial charge is 0.337 e. The molecule has 1 fully saturated rings. The van der Waals surface area contributed by atoms with E-state index in [9.17, 15) is 14.9 Å². The lowest BCUT2D eigenvalue weighted by molar-refractivity contribution is -0.384. The summed E-state index contributed by atoms with van der Waals surface area (Å²) in [7, 11) is 0. The minimum atomic E-state index is -0.532. The molecule has 120 valence electrons. The van der Waals surface area contributed by atoms with Crippen LogP contribution in [0.15, 0.2) is 18.2 Å². The van der Waals surface area contributed by atoms with Crippen LogP contribution in [0.1, 0.15) is 25.7 Å². The number of hydrogen-bond donors (Lipinski definition) is 2. The van der Waals surface area contributed by atoms with E-state index in [2.05, 4.69) is 10.6 Å². The van der Waals surface area contributed by atoms with Crippen LogP contribution in [0, 0.1) is 10.1 Å². The van der Waals surface area contributed by atoms with Crippen LogP contribution in [0.3, 0.4) is 0 Å². The molecular formula is C14H18ClN3O3S. The molecule has 2 N–H and O–H groups in total. The first kappa shape index (κ1) is 16.9. The number of carbonyl (C=O) groups is 1. The maximum Gasteiger partial charge on any atom is 0.319 e. The summed E-state index contributed by atoms with van der Waals surface area (Å²) in [5.41, 5.74) is 0.247. The molecule has 1 aliphatic carbocycles. The van der Waals surface area contributed by atoms with Gasteiger partial charge in [0, 0.05) is 29.7 Å². The summed E-state index contributed by atoms with van der Waals surface area (Å²) in [5, 5.41) is 16.8. The van der Waals surface area contributed by atoms with Crippen molar-refractivity contribution in [3.05, 3.63) is 33.3 Å². The maximum absolute atomic E-state index is 11.8. The summed E-state index contributed by atoms with van der Waals surface area (Å²) in [5.74, 6) is 0.881. The standard InChI is InChI=1S/C14H18ClN3O3S/c15-12-9-10(18(20)21)5-6-13(12)17-14(19)16-7-8-22-11-3-1-2-4-11/h5-6,9,11H,1-4,7-8H2,(H2,16,17,19). The first-order valence-electron chi connectivity index (χ1n) is 7.16. The molecule has 22 heavy (non-hydrogen) atoms. The third-order valence-electron chi connectivity index (χ3n) is 3.46. The first-order valence-corrected chi connectivity index (χ1v) is 8.59. The Kier molecular flexibility index (Phi) is 6.33. The van der Waals surface area contributed by atoms with Gasteiger partial charge in [0.2, 0.25) is 0 Å². The van der Waals surface area contributed by atoms with E-state index in [1.807, 2.05) is 11.8 Å². The van der Waals surface area contributed by atoms with Crippen molar-refractivity contribution in [2.75, 3.05) is 17.6 Å². The molecule has 1 aromatic carbocycles. The molecule has 0 bridgehead atoms. The van der Waals surface area contributed by atoms with E-state index in [1.165, 1.54) is 43.9 Å². The molecule has 2 amide bonds. The Hall–Kier alpha value is -1.47. The van der Waals surface area contributed by atoms with Crippen molar-refractivity contribution in [3.63, 3.8) is 0 Å². The van der Waals surface area contributed by atoms with Crippen molar-refractivity contribution in [2.45, 2.75) is 30.9 Å².